The largest absolute Gasteiger partial charge is 0.493 e. The number of methoxy groups -OCH3 is 1. The van der Waals surface area contributed by atoms with E-state index in [1.165, 1.54) is 0 Å². The van der Waals surface area contributed by atoms with E-state index in [1.807, 2.05) is 0 Å². The molecule has 0 atom stereocenters. The molecule has 0 unspecified atom stereocenters. The van der Waals surface area contributed by atoms with Crippen LogP contribution in [0.25, 0.3) is 0 Å². The van der Waals surface area contributed by atoms with Gasteiger partial charge in [0.15, 0.2) is 17.3 Å². The average molecular weight is 213 g/mol. The smallest absolute Gasteiger partial charge is 0.284 e. The second-order valence-electron chi connectivity index (χ2n) is 2.79. The molecule has 0 fully saturated rings. The number of halogens is 1. The summed E-state index contributed by atoms with van der Waals surface area (Å²) in [4.78, 5) is 21.0. The maximum Gasteiger partial charge on any atom is 0.284 e. The fourth-order valence-electron chi connectivity index (χ4n) is 1.24. The molecule has 80 valence electrons. The summed E-state index contributed by atoms with van der Waals surface area (Å²) in [5, 5.41) is 10.6. The number of carbonyl (C=O) groups is 1. The SMILES string of the molecule is COc1c(F)ccc([N+](=O)[O-])c1C(C)=O. The number of rotatable bonds is 3. The topological polar surface area (TPSA) is 69.4 Å². The predicted molar refractivity (Wildman–Crippen MR) is 49.6 cm³/mol. The number of hydrogen-bond donors (Lipinski definition) is 0. The van der Waals surface area contributed by atoms with Crippen molar-refractivity contribution in [3.8, 4) is 5.75 Å². The molecule has 15 heavy (non-hydrogen) atoms. The zero-order valence-electron chi connectivity index (χ0n) is 8.11. The molecular formula is C9H8FNO4. The second-order valence-corrected chi connectivity index (χ2v) is 2.79. The van der Waals surface area contributed by atoms with Gasteiger partial charge in [0.1, 0.15) is 5.56 Å². The van der Waals surface area contributed by atoms with Crippen LogP contribution in [-0.4, -0.2) is 17.8 Å². The van der Waals surface area contributed by atoms with Crippen molar-refractivity contribution in [3.63, 3.8) is 0 Å². The third kappa shape index (κ3) is 1.93. The lowest BCUT2D eigenvalue weighted by Crippen LogP contribution is -2.05. The van der Waals surface area contributed by atoms with E-state index < -0.39 is 28.0 Å². The van der Waals surface area contributed by atoms with Crippen molar-refractivity contribution in [3.05, 3.63) is 33.6 Å². The molecule has 0 heterocycles. The zero-order valence-corrected chi connectivity index (χ0v) is 8.11. The third-order valence-corrected chi connectivity index (χ3v) is 1.84. The van der Waals surface area contributed by atoms with Crippen molar-refractivity contribution in [2.24, 2.45) is 0 Å². The number of nitro benzene ring substituents is 1. The Morgan fingerprint density at radius 2 is 2.13 bits per heavy atom. The minimum absolute atomic E-state index is 0.345. The first kappa shape index (κ1) is 11.1. The van der Waals surface area contributed by atoms with E-state index in [9.17, 15) is 19.3 Å². The molecule has 0 aliphatic carbocycles. The number of nitro groups is 1. The van der Waals surface area contributed by atoms with Crippen LogP contribution in [-0.2, 0) is 0 Å². The summed E-state index contributed by atoms with van der Waals surface area (Å²) in [6.45, 7) is 1.12. The number of hydrogen-bond acceptors (Lipinski definition) is 4. The first-order valence-corrected chi connectivity index (χ1v) is 4.00. The van der Waals surface area contributed by atoms with Gasteiger partial charge in [-0.1, -0.05) is 0 Å². The van der Waals surface area contributed by atoms with Gasteiger partial charge in [0, 0.05) is 6.07 Å². The van der Waals surface area contributed by atoms with E-state index >= 15 is 0 Å². The summed E-state index contributed by atoms with van der Waals surface area (Å²) in [5.74, 6) is -1.80. The van der Waals surface area contributed by atoms with Gasteiger partial charge in [0.05, 0.1) is 12.0 Å². The normalized spacial score (nSPS) is 9.80. The van der Waals surface area contributed by atoms with Crippen molar-refractivity contribution in [2.75, 3.05) is 7.11 Å². The first-order chi connectivity index (χ1) is 6.99. The highest BCUT2D eigenvalue weighted by Gasteiger charge is 2.25. The van der Waals surface area contributed by atoms with Crippen LogP contribution < -0.4 is 4.74 Å². The van der Waals surface area contributed by atoms with Gasteiger partial charge in [-0.3, -0.25) is 14.9 Å². The summed E-state index contributed by atoms with van der Waals surface area (Å²) in [7, 11) is 1.15. The van der Waals surface area contributed by atoms with Gasteiger partial charge in [0.25, 0.3) is 5.69 Å². The first-order valence-electron chi connectivity index (χ1n) is 4.00. The van der Waals surface area contributed by atoms with Crippen LogP contribution in [0.3, 0.4) is 0 Å². The van der Waals surface area contributed by atoms with Gasteiger partial charge < -0.3 is 4.74 Å². The molecule has 1 aromatic carbocycles. The summed E-state index contributed by atoms with van der Waals surface area (Å²) in [6, 6.07) is 1.83. The van der Waals surface area contributed by atoms with Gasteiger partial charge in [-0.25, -0.2) is 4.39 Å². The fraction of sp³-hybridized carbons (Fsp3) is 0.222. The maximum absolute atomic E-state index is 13.2. The Labute approximate surface area is 84.6 Å². The van der Waals surface area contributed by atoms with Crippen molar-refractivity contribution < 1.29 is 18.8 Å². The molecule has 0 radical (unpaired) electrons. The Morgan fingerprint density at radius 3 is 2.53 bits per heavy atom. The lowest BCUT2D eigenvalue weighted by atomic mass is 10.1. The van der Waals surface area contributed by atoms with E-state index in [1.54, 1.807) is 0 Å². The molecule has 0 aliphatic heterocycles. The van der Waals surface area contributed by atoms with Crippen LogP contribution in [0.15, 0.2) is 12.1 Å². The molecule has 0 amide bonds. The predicted octanol–water partition coefficient (Wildman–Crippen LogP) is 1.95. The number of nitrogens with zero attached hydrogens (tertiary/aromatic N) is 1. The number of ether oxygens (including phenoxy) is 1. The lowest BCUT2D eigenvalue weighted by molar-refractivity contribution is -0.385. The molecule has 6 heteroatoms. The van der Waals surface area contributed by atoms with Crippen LogP contribution in [0.5, 0.6) is 5.75 Å². The molecular weight excluding hydrogens is 205 g/mol. The Kier molecular flexibility index (Phi) is 2.99. The molecule has 0 saturated carbocycles. The second kappa shape index (κ2) is 4.04. The highest BCUT2D eigenvalue weighted by molar-refractivity contribution is 6.00. The highest BCUT2D eigenvalue weighted by atomic mass is 19.1. The van der Waals surface area contributed by atoms with E-state index in [2.05, 4.69) is 4.74 Å². The Morgan fingerprint density at radius 1 is 1.53 bits per heavy atom. The molecule has 0 spiro atoms. The summed E-state index contributed by atoms with van der Waals surface area (Å²) in [5.41, 5.74) is -0.803. The van der Waals surface area contributed by atoms with Crippen LogP contribution >= 0.6 is 0 Å². The fourth-order valence-corrected chi connectivity index (χ4v) is 1.24. The molecule has 0 N–H and O–H groups in total. The molecule has 1 aromatic rings. The van der Waals surface area contributed by atoms with Crippen molar-refractivity contribution >= 4 is 11.5 Å². The Hall–Kier alpha value is -1.98. The number of Topliss-reactive ketones (excluding diaryl/α,β-unsaturated/α-hetero) is 1. The summed E-state index contributed by atoms with van der Waals surface area (Å²) < 4.78 is 17.8. The van der Waals surface area contributed by atoms with E-state index in [0.29, 0.717) is 0 Å². The van der Waals surface area contributed by atoms with Crippen LogP contribution in [0, 0.1) is 15.9 Å². The monoisotopic (exact) mass is 213 g/mol. The number of carbonyl (C=O) groups excluding carboxylic acids is 1. The number of ketones is 1. The molecule has 0 bridgehead atoms. The molecule has 5 nitrogen and oxygen atoms in total. The lowest BCUT2D eigenvalue weighted by Gasteiger charge is -2.06. The van der Waals surface area contributed by atoms with Crippen molar-refractivity contribution in [1.29, 1.82) is 0 Å². The standard InChI is InChI=1S/C9H8FNO4/c1-5(12)8-7(11(13)14)4-3-6(10)9(8)15-2/h3-4H,1-2H3. The molecule has 0 saturated heterocycles. The van der Waals surface area contributed by atoms with Gasteiger partial charge >= 0.3 is 0 Å². The quantitative estimate of drug-likeness (QED) is 0.437. The van der Waals surface area contributed by atoms with Crippen molar-refractivity contribution in [2.45, 2.75) is 6.92 Å². The number of benzene rings is 1. The van der Waals surface area contributed by atoms with Crippen LogP contribution in [0.1, 0.15) is 17.3 Å². The molecule has 0 aliphatic rings. The van der Waals surface area contributed by atoms with Crippen LogP contribution in [0.4, 0.5) is 10.1 Å². The Bertz CT molecular complexity index is 430. The minimum Gasteiger partial charge on any atom is -0.493 e. The zero-order chi connectivity index (χ0) is 11.6. The van der Waals surface area contributed by atoms with Gasteiger partial charge in [0.2, 0.25) is 0 Å². The summed E-state index contributed by atoms with van der Waals surface area (Å²) in [6.07, 6.45) is 0. The molecule has 1 rings (SSSR count). The maximum atomic E-state index is 13.2. The average Bonchev–Trinajstić information content (AvgIpc) is 2.16. The minimum atomic E-state index is -0.798. The van der Waals surface area contributed by atoms with E-state index in [0.717, 1.165) is 26.2 Å². The Balaban J connectivity index is 3.56. The molecule has 0 aromatic heterocycles. The van der Waals surface area contributed by atoms with Gasteiger partial charge in [-0.05, 0) is 13.0 Å². The van der Waals surface area contributed by atoms with Crippen molar-refractivity contribution in [1.82, 2.24) is 0 Å². The van der Waals surface area contributed by atoms with Gasteiger partial charge in [-0.2, -0.15) is 0 Å². The van der Waals surface area contributed by atoms with E-state index in [-0.39, 0.29) is 5.56 Å². The van der Waals surface area contributed by atoms with Crippen LogP contribution in [0.2, 0.25) is 0 Å². The van der Waals surface area contributed by atoms with Gasteiger partial charge in [-0.15, -0.1) is 0 Å². The highest BCUT2D eigenvalue weighted by Crippen LogP contribution is 2.31. The summed E-state index contributed by atoms with van der Waals surface area (Å²) >= 11 is 0. The van der Waals surface area contributed by atoms with E-state index in [4.69, 9.17) is 0 Å². The third-order valence-electron chi connectivity index (χ3n) is 1.84.